The van der Waals surface area contributed by atoms with Gasteiger partial charge in [0.2, 0.25) is 0 Å². The summed E-state index contributed by atoms with van der Waals surface area (Å²) < 4.78 is 0. The van der Waals surface area contributed by atoms with Crippen LogP contribution in [0.25, 0.3) is 16.7 Å². The van der Waals surface area contributed by atoms with Gasteiger partial charge in [-0.25, -0.2) is 4.79 Å². The molecule has 0 aromatic heterocycles. The molecule has 0 unspecified atom stereocenters. The van der Waals surface area contributed by atoms with Gasteiger partial charge in [-0.3, -0.25) is 0 Å². The topological polar surface area (TPSA) is 38.7 Å². The van der Waals surface area contributed by atoms with E-state index in [2.05, 4.69) is 55.4 Å². The fourth-order valence-electron chi connectivity index (χ4n) is 3.02. The van der Waals surface area contributed by atoms with Gasteiger partial charge in [0.25, 0.3) is 0 Å². The fourth-order valence-corrected chi connectivity index (χ4v) is 3.02. The molecular formula is C20H19NO2. The Labute approximate surface area is 136 Å². The number of carbonyl (C=O) groups excluding carboxylic acids is 1. The predicted octanol–water partition coefficient (Wildman–Crippen LogP) is 4.80. The summed E-state index contributed by atoms with van der Waals surface area (Å²) in [6.07, 6.45) is 0. The molecule has 0 bridgehead atoms. The standard InChI is InChI=1S/C20H19NO2/c1-12(2)20-18-8-6-5-7-16(18)17-10-9-15(11-19(17)20)13(3)21-23-14(4)22/h5-11H,1-4H3/b21-13+. The molecule has 0 N–H and O–H groups in total. The first-order valence-electron chi connectivity index (χ1n) is 7.63. The predicted molar refractivity (Wildman–Crippen MR) is 93.2 cm³/mol. The molecule has 23 heavy (non-hydrogen) atoms. The number of benzene rings is 2. The molecule has 3 rings (SSSR count). The molecule has 3 nitrogen and oxygen atoms in total. The smallest absolute Gasteiger partial charge is 0.318 e. The van der Waals surface area contributed by atoms with Crippen LogP contribution in [0, 0.1) is 0 Å². The number of oxime groups is 1. The number of fused-ring (bicyclic) bond motifs is 3. The van der Waals surface area contributed by atoms with E-state index in [1.807, 2.05) is 13.0 Å². The van der Waals surface area contributed by atoms with E-state index in [4.69, 9.17) is 4.84 Å². The van der Waals surface area contributed by atoms with Crippen molar-refractivity contribution in [2.75, 3.05) is 0 Å². The lowest BCUT2D eigenvalue weighted by atomic mass is 9.97. The molecular weight excluding hydrogens is 286 g/mol. The largest absolute Gasteiger partial charge is 0.331 e. The highest BCUT2D eigenvalue weighted by molar-refractivity contribution is 6.06. The highest BCUT2D eigenvalue weighted by atomic mass is 16.7. The summed E-state index contributed by atoms with van der Waals surface area (Å²) in [6, 6.07) is 14.7. The molecule has 0 spiro atoms. The molecule has 0 amide bonds. The molecule has 3 heteroatoms. The molecule has 2 aromatic carbocycles. The maximum Gasteiger partial charge on any atom is 0.331 e. The molecule has 0 radical (unpaired) electrons. The van der Waals surface area contributed by atoms with E-state index in [9.17, 15) is 4.79 Å². The Balaban J connectivity index is 2.13. The van der Waals surface area contributed by atoms with Crippen LogP contribution in [-0.4, -0.2) is 11.7 Å². The van der Waals surface area contributed by atoms with Gasteiger partial charge >= 0.3 is 5.97 Å². The van der Waals surface area contributed by atoms with Crippen LogP contribution in [0.15, 0.2) is 53.2 Å². The molecule has 0 atom stereocenters. The summed E-state index contributed by atoms with van der Waals surface area (Å²) in [5.74, 6) is -0.414. The van der Waals surface area contributed by atoms with Crippen molar-refractivity contribution in [3.63, 3.8) is 0 Å². The Hall–Kier alpha value is -2.68. The molecule has 0 heterocycles. The molecule has 0 aliphatic heterocycles. The van der Waals surface area contributed by atoms with Crippen molar-refractivity contribution in [3.8, 4) is 11.1 Å². The number of rotatable bonds is 2. The van der Waals surface area contributed by atoms with Gasteiger partial charge in [0.05, 0.1) is 5.71 Å². The first kappa shape index (κ1) is 15.2. The first-order chi connectivity index (χ1) is 11.0. The lowest BCUT2D eigenvalue weighted by Crippen LogP contribution is -2.00. The Morgan fingerprint density at radius 2 is 1.52 bits per heavy atom. The quantitative estimate of drug-likeness (QED) is 0.388. The van der Waals surface area contributed by atoms with Crippen molar-refractivity contribution in [1.82, 2.24) is 0 Å². The molecule has 116 valence electrons. The number of carbonyl (C=O) groups is 1. The average Bonchev–Trinajstić information content (AvgIpc) is 2.86. The minimum atomic E-state index is -0.414. The maximum atomic E-state index is 10.9. The molecule has 2 aromatic rings. The van der Waals surface area contributed by atoms with Crippen LogP contribution in [0.1, 0.15) is 44.4 Å². The highest BCUT2D eigenvalue weighted by Crippen LogP contribution is 2.45. The summed E-state index contributed by atoms with van der Waals surface area (Å²) in [4.78, 5) is 15.7. The maximum absolute atomic E-state index is 10.9. The minimum Gasteiger partial charge on any atom is -0.318 e. The molecule has 0 saturated carbocycles. The van der Waals surface area contributed by atoms with Crippen molar-refractivity contribution >= 4 is 17.3 Å². The van der Waals surface area contributed by atoms with Gasteiger partial charge in [-0.15, -0.1) is 0 Å². The van der Waals surface area contributed by atoms with E-state index in [0.29, 0.717) is 5.71 Å². The van der Waals surface area contributed by atoms with E-state index in [-0.39, 0.29) is 0 Å². The molecule has 0 saturated heterocycles. The molecule has 1 aliphatic carbocycles. The molecule has 1 aliphatic rings. The third-order valence-corrected chi connectivity index (χ3v) is 4.00. The Bertz CT molecular complexity index is 856. The summed E-state index contributed by atoms with van der Waals surface area (Å²) in [5.41, 5.74) is 9.18. The van der Waals surface area contributed by atoms with Crippen LogP contribution in [0.5, 0.6) is 0 Å². The van der Waals surface area contributed by atoms with Crippen LogP contribution >= 0.6 is 0 Å². The monoisotopic (exact) mass is 305 g/mol. The Kier molecular flexibility index (Phi) is 3.87. The van der Waals surface area contributed by atoms with Crippen LogP contribution in [0.4, 0.5) is 0 Å². The SMILES string of the molecule is CC(=O)O/N=C(\C)c1ccc2c(c1)C(=C(C)C)c1ccccc1-2. The van der Waals surface area contributed by atoms with E-state index >= 15 is 0 Å². The summed E-state index contributed by atoms with van der Waals surface area (Å²) in [7, 11) is 0. The Morgan fingerprint density at radius 3 is 2.17 bits per heavy atom. The van der Waals surface area contributed by atoms with Crippen molar-refractivity contribution in [1.29, 1.82) is 0 Å². The van der Waals surface area contributed by atoms with Gasteiger partial charge in [0.15, 0.2) is 0 Å². The van der Waals surface area contributed by atoms with E-state index < -0.39 is 5.97 Å². The number of hydrogen-bond donors (Lipinski definition) is 0. The van der Waals surface area contributed by atoms with E-state index in [1.165, 1.54) is 40.3 Å². The van der Waals surface area contributed by atoms with Crippen LogP contribution < -0.4 is 0 Å². The molecule has 0 fully saturated rings. The second-order valence-corrected chi connectivity index (χ2v) is 5.94. The van der Waals surface area contributed by atoms with Crippen molar-refractivity contribution in [2.24, 2.45) is 5.16 Å². The summed E-state index contributed by atoms with van der Waals surface area (Å²) >= 11 is 0. The van der Waals surface area contributed by atoms with Gasteiger partial charge in [-0.05, 0) is 60.2 Å². The van der Waals surface area contributed by atoms with Gasteiger partial charge < -0.3 is 4.84 Å². The van der Waals surface area contributed by atoms with Gasteiger partial charge in [-0.2, -0.15) is 0 Å². The van der Waals surface area contributed by atoms with Gasteiger partial charge in [0, 0.05) is 6.92 Å². The summed E-state index contributed by atoms with van der Waals surface area (Å²) in [6.45, 7) is 7.45. The van der Waals surface area contributed by atoms with Crippen LogP contribution in [0.2, 0.25) is 0 Å². The van der Waals surface area contributed by atoms with E-state index in [1.54, 1.807) is 0 Å². The van der Waals surface area contributed by atoms with Gasteiger partial charge in [0.1, 0.15) is 0 Å². The third kappa shape index (κ3) is 2.70. The van der Waals surface area contributed by atoms with Crippen LogP contribution in [-0.2, 0) is 9.63 Å². The minimum absolute atomic E-state index is 0.414. The van der Waals surface area contributed by atoms with Crippen LogP contribution in [0.3, 0.4) is 0 Å². The lowest BCUT2D eigenvalue weighted by molar-refractivity contribution is -0.140. The zero-order valence-corrected chi connectivity index (χ0v) is 13.8. The average molecular weight is 305 g/mol. The number of allylic oxidation sites excluding steroid dienone is 1. The first-order valence-corrected chi connectivity index (χ1v) is 7.63. The zero-order valence-electron chi connectivity index (χ0n) is 13.8. The zero-order chi connectivity index (χ0) is 16.6. The second-order valence-electron chi connectivity index (χ2n) is 5.94. The lowest BCUT2D eigenvalue weighted by Gasteiger charge is -2.08. The Morgan fingerprint density at radius 1 is 0.870 bits per heavy atom. The summed E-state index contributed by atoms with van der Waals surface area (Å²) in [5, 5.41) is 3.89. The van der Waals surface area contributed by atoms with Crippen molar-refractivity contribution in [2.45, 2.75) is 27.7 Å². The number of nitrogens with zero attached hydrogens (tertiary/aromatic N) is 1. The second kappa shape index (κ2) is 5.84. The van der Waals surface area contributed by atoms with E-state index in [0.717, 1.165) is 5.56 Å². The van der Waals surface area contributed by atoms with Crippen molar-refractivity contribution < 1.29 is 9.63 Å². The highest BCUT2D eigenvalue weighted by Gasteiger charge is 2.24. The third-order valence-electron chi connectivity index (χ3n) is 4.00. The van der Waals surface area contributed by atoms with Crippen molar-refractivity contribution in [3.05, 3.63) is 64.7 Å². The fraction of sp³-hybridized carbons (Fsp3) is 0.200. The number of hydrogen-bond acceptors (Lipinski definition) is 3. The van der Waals surface area contributed by atoms with Gasteiger partial charge in [-0.1, -0.05) is 47.1 Å². The normalized spacial score (nSPS) is 12.7.